The summed E-state index contributed by atoms with van der Waals surface area (Å²) in [6, 6.07) is 16.1. The van der Waals surface area contributed by atoms with Crippen molar-refractivity contribution in [2.45, 2.75) is 45.6 Å². The van der Waals surface area contributed by atoms with Crippen molar-refractivity contribution in [3.8, 4) is 5.75 Å². The molecule has 0 fully saturated rings. The number of aromatic amines is 1. The third-order valence-electron chi connectivity index (χ3n) is 7.18. The van der Waals surface area contributed by atoms with Gasteiger partial charge in [-0.1, -0.05) is 30.3 Å². The van der Waals surface area contributed by atoms with E-state index in [2.05, 4.69) is 46.5 Å². The van der Waals surface area contributed by atoms with Crippen LogP contribution in [0.2, 0.25) is 0 Å². The number of hydrogen-bond donors (Lipinski definition) is 2. The second-order valence-corrected chi connectivity index (χ2v) is 9.65. The van der Waals surface area contributed by atoms with Crippen LogP contribution in [0.25, 0.3) is 10.9 Å². The van der Waals surface area contributed by atoms with Crippen molar-refractivity contribution in [3.05, 3.63) is 107 Å². The molecule has 39 heavy (non-hydrogen) atoms. The van der Waals surface area contributed by atoms with Crippen LogP contribution in [0.15, 0.2) is 94.1 Å². The van der Waals surface area contributed by atoms with Gasteiger partial charge >= 0.3 is 5.97 Å². The van der Waals surface area contributed by atoms with Crippen LogP contribution in [0, 0.1) is 6.92 Å². The number of H-pyrrole nitrogens is 1. The SMILES string of the molecule is COc1ccccc1[C@H]1CC(=O)C2=C(C1)NC(C)=C(C(=O)OCc1ncco1)C2.Cc1cccc2[nH]ccc12. The van der Waals surface area contributed by atoms with Gasteiger partial charge in [-0.05, 0) is 49.6 Å². The molecule has 0 saturated carbocycles. The highest BCUT2D eigenvalue weighted by molar-refractivity contribution is 6.01. The Labute approximate surface area is 226 Å². The summed E-state index contributed by atoms with van der Waals surface area (Å²) in [7, 11) is 1.63. The number of carbonyl (C=O) groups is 2. The highest BCUT2D eigenvalue weighted by Crippen LogP contribution is 2.41. The third kappa shape index (κ3) is 5.65. The molecule has 2 aliphatic rings. The van der Waals surface area contributed by atoms with E-state index in [1.54, 1.807) is 7.11 Å². The fourth-order valence-electron chi connectivity index (χ4n) is 5.13. The molecule has 1 atom stereocenters. The Morgan fingerprint density at radius 1 is 1.10 bits per heavy atom. The number of benzene rings is 2. The van der Waals surface area contributed by atoms with Gasteiger partial charge in [0.1, 0.15) is 12.0 Å². The Morgan fingerprint density at radius 2 is 1.95 bits per heavy atom. The van der Waals surface area contributed by atoms with E-state index < -0.39 is 5.97 Å². The number of ketones is 1. The molecule has 0 saturated heterocycles. The lowest BCUT2D eigenvalue weighted by Gasteiger charge is -2.32. The average Bonchev–Trinajstić information content (AvgIpc) is 3.65. The molecule has 8 nitrogen and oxygen atoms in total. The summed E-state index contributed by atoms with van der Waals surface area (Å²) in [5.74, 6) is 0.720. The van der Waals surface area contributed by atoms with Crippen molar-refractivity contribution in [2.24, 2.45) is 0 Å². The third-order valence-corrected chi connectivity index (χ3v) is 7.18. The molecule has 2 N–H and O–H groups in total. The number of nitrogens with zero attached hydrogens (tertiary/aromatic N) is 1. The van der Waals surface area contributed by atoms with Crippen LogP contribution in [-0.4, -0.2) is 28.8 Å². The summed E-state index contributed by atoms with van der Waals surface area (Å²) < 4.78 is 15.8. The van der Waals surface area contributed by atoms with Crippen molar-refractivity contribution in [1.29, 1.82) is 0 Å². The topological polar surface area (TPSA) is 106 Å². The van der Waals surface area contributed by atoms with Crippen LogP contribution in [0.4, 0.5) is 0 Å². The van der Waals surface area contributed by atoms with Gasteiger partial charge in [-0.25, -0.2) is 9.78 Å². The Morgan fingerprint density at radius 3 is 2.72 bits per heavy atom. The van der Waals surface area contributed by atoms with Gasteiger partial charge < -0.3 is 24.2 Å². The molecule has 1 aliphatic carbocycles. The molecule has 0 amide bonds. The lowest BCUT2D eigenvalue weighted by molar-refractivity contribution is -0.141. The lowest BCUT2D eigenvalue weighted by atomic mass is 9.78. The second-order valence-electron chi connectivity index (χ2n) is 9.65. The number of para-hydroxylation sites is 1. The Bertz CT molecular complexity index is 1560. The number of nitrogens with one attached hydrogen (secondary N) is 2. The number of esters is 1. The highest BCUT2D eigenvalue weighted by atomic mass is 16.5. The number of allylic oxidation sites excluding steroid dienone is 3. The fraction of sp³-hybridized carbons (Fsp3) is 0.258. The van der Waals surface area contributed by atoms with Crippen LogP contribution in [0.1, 0.15) is 49.1 Å². The zero-order valence-electron chi connectivity index (χ0n) is 22.2. The zero-order valence-corrected chi connectivity index (χ0v) is 22.2. The molecule has 8 heteroatoms. The highest BCUT2D eigenvalue weighted by Gasteiger charge is 2.34. The minimum Gasteiger partial charge on any atom is -0.496 e. The zero-order chi connectivity index (χ0) is 27.4. The maximum atomic E-state index is 12.9. The summed E-state index contributed by atoms with van der Waals surface area (Å²) >= 11 is 0. The molecule has 1 aliphatic heterocycles. The number of aryl methyl sites for hydroxylation is 1. The minimum atomic E-state index is -0.473. The number of rotatable bonds is 5. The molecule has 4 aromatic rings. The van der Waals surface area contributed by atoms with Crippen LogP contribution in [0.3, 0.4) is 0 Å². The molecule has 0 spiro atoms. The van der Waals surface area contributed by atoms with Crippen molar-refractivity contribution in [3.63, 3.8) is 0 Å². The van der Waals surface area contributed by atoms with Crippen LogP contribution in [-0.2, 0) is 20.9 Å². The molecule has 200 valence electrons. The summed E-state index contributed by atoms with van der Waals surface area (Å²) in [6.45, 7) is 3.90. The van der Waals surface area contributed by atoms with Gasteiger partial charge in [-0.3, -0.25) is 4.79 Å². The van der Waals surface area contributed by atoms with Crippen molar-refractivity contribution in [2.75, 3.05) is 7.11 Å². The van der Waals surface area contributed by atoms with E-state index in [1.807, 2.05) is 37.4 Å². The predicted molar refractivity (Wildman–Crippen MR) is 147 cm³/mol. The van der Waals surface area contributed by atoms with Crippen LogP contribution >= 0.6 is 0 Å². The molecule has 2 aromatic carbocycles. The summed E-state index contributed by atoms with van der Waals surface area (Å²) in [5, 5.41) is 4.59. The van der Waals surface area contributed by atoms with E-state index in [9.17, 15) is 9.59 Å². The normalized spacial score (nSPS) is 16.8. The van der Waals surface area contributed by atoms with E-state index in [-0.39, 0.29) is 24.7 Å². The number of hydrogen-bond acceptors (Lipinski definition) is 7. The van der Waals surface area contributed by atoms with Gasteiger partial charge in [0.15, 0.2) is 12.4 Å². The molecule has 0 radical (unpaired) electrons. The first kappa shape index (κ1) is 26.0. The van der Waals surface area contributed by atoms with Gasteiger partial charge in [0.25, 0.3) is 0 Å². The molecular weight excluding hydrogens is 494 g/mol. The Balaban J connectivity index is 0.000000257. The maximum absolute atomic E-state index is 12.9. The van der Waals surface area contributed by atoms with Crippen LogP contribution < -0.4 is 10.1 Å². The summed E-state index contributed by atoms with van der Waals surface area (Å²) in [4.78, 5) is 32.5. The van der Waals surface area contributed by atoms with Gasteiger partial charge in [-0.15, -0.1) is 0 Å². The van der Waals surface area contributed by atoms with Gasteiger partial charge in [0, 0.05) is 52.8 Å². The van der Waals surface area contributed by atoms with Gasteiger partial charge in [0.2, 0.25) is 5.89 Å². The minimum absolute atomic E-state index is 0.0382. The maximum Gasteiger partial charge on any atom is 0.336 e. The smallest absolute Gasteiger partial charge is 0.336 e. The average molecular weight is 526 g/mol. The number of fused-ring (bicyclic) bond motifs is 1. The summed E-state index contributed by atoms with van der Waals surface area (Å²) in [6.07, 6.45) is 6.24. The number of dihydropyridines is 1. The molecule has 6 rings (SSSR count). The number of methoxy groups -OCH3 is 1. The van der Waals surface area contributed by atoms with E-state index in [0.717, 1.165) is 17.0 Å². The first-order valence-electron chi connectivity index (χ1n) is 12.9. The standard InChI is InChI=1S/C22H22N2O5.C9H9N/c1-13-16(22(26)29-12-21-23-7-8-28-21)11-17-18(24-13)9-14(10-19(17)25)15-5-3-4-6-20(15)27-2;1-7-3-2-4-9-8(7)5-6-10-9/h3-8,14,24H,9-12H2,1-2H3;2-6,10H,1H3/t14-;/m1./s1. The number of oxazole rings is 1. The van der Waals surface area contributed by atoms with E-state index in [0.29, 0.717) is 35.6 Å². The number of aromatic nitrogens is 2. The predicted octanol–water partition coefficient (Wildman–Crippen LogP) is 5.87. The number of carbonyl (C=O) groups excluding carboxylic acids is 2. The first-order chi connectivity index (χ1) is 18.9. The van der Waals surface area contributed by atoms with E-state index >= 15 is 0 Å². The molecule has 2 aromatic heterocycles. The monoisotopic (exact) mass is 525 g/mol. The Hall–Kier alpha value is -4.59. The van der Waals surface area contributed by atoms with Crippen molar-refractivity contribution < 1.29 is 23.5 Å². The van der Waals surface area contributed by atoms with E-state index in [4.69, 9.17) is 13.9 Å². The van der Waals surface area contributed by atoms with Crippen LogP contribution in [0.5, 0.6) is 5.75 Å². The molecule has 0 bridgehead atoms. The fourth-order valence-corrected chi connectivity index (χ4v) is 5.13. The van der Waals surface area contributed by atoms with Crippen molar-refractivity contribution in [1.82, 2.24) is 15.3 Å². The quantitative estimate of drug-likeness (QED) is 0.314. The van der Waals surface area contributed by atoms with Gasteiger partial charge in [0.05, 0.1) is 18.9 Å². The van der Waals surface area contributed by atoms with Gasteiger partial charge in [-0.2, -0.15) is 0 Å². The summed E-state index contributed by atoms with van der Waals surface area (Å²) in [5.41, 5.74) is 6.27. The first-order valence-corrected chi connectivity index (χ1v) is 12.9. The number of Topliss-reactive ketones (excluding diaryl/α,β-unsaturated/α-hetero) is 1. The van der Waals surface area contributed by atoms with E-state index in [1.165, 1.54) is 28.9 Å². The molecule has 3 heterocycles. The molecular formula is C31H31N3O5. The second kappa shape index (κ2) is 11.4. The lowest BCUT2D eigenvalue weighted by Crippen LogP contribution is -2.31. The van der Waals surface area contributed by atoms with Crippen molar-refractivity contribution >= 4 is 22.7 Å². The largest absolute Gasteiger partial charge is 0.496 e. The molecule has 0 unspecified atom stereocenters. The number of ether oxygens (including phenoxy) is 2. The Kier molecular flexibility index (Phi) is 7.63.